The lowest BCUT2D eigenvalue weighted by molar-refractivity contribution is -0.115. The van der Waals surface area contributed by atoms with Gasteiger partial charge in [-0.05, 0) is 82.9 Å². The molecule has 4 nitrogen and oxygen atoms in total. The number of amides is 1. The third kappa shape index (κ3) is 5.26. The van der Waals surface area contributed by atoms with Crippen LogP contribution in [0.15, 0.2) is 50.8 Å². The maximum Gasteiger partial charge on any atom is 0.264 e. The second-order valence-electron chi connectivity index (χ2n) is 7.17. The van der Waals surface area contributed by atoms with Crippen LogP contribution in [0.2, 0.25) is 0 Å². The van der Waals surface area contributed by atoms with Gasteiger partial charge in [-0.1, -0.05) is 37.6 Å². The van der Waals surface area contributed by atoms with Gasteiger partial charge in [-0.2, -0.15) is 0 Å². The molecule has 1 N–H and O–H groups in total. The Morgan fingerprint density at radius 2 is 2.00 bits per heavy atom. The number of aliphatic imine (C=N–C) groups is 1. The molecule has 28 heavy (non-hydrogen) atoms. The van der Waals surface area contributed by atoms with E-state index in [1.165, 1.54) is 17.3 Å². The maximum absolute atomic E-state index is 12.3. The fourth-order valence-corrected chi connectivity index (χ4v) is 4.00. The summed E-state index contributed by atoms with van der Waals surface area (Å²) in [5.74, 6) is 1.13. The molecular weight excluding hydrogens is 436 g/mol. The van der Waals surface area contributed by atoms with Crippen LogP contribution in [0, 0.1) is 19.8 Å². The number of nitrogens with zero attached hydrogens (tertiary/aromatic N) is 1. The van der Waals surface area contributed by atoms with Crippen molar-refractivity contribution in [3.8, 4) is 5.75 Å². The molecule has 1 heterocycles. The number of carbonyl (C=O) groups is 1. The highest BCUT2D eigenvalue weighted by atomic mass is 79.9. The first-order valence-corrected chi connectivity index (χ1v) is 10.7. The number of carbonyl (C=O) groups excluding carboxylic acids is 1. The number of aryl methyl sites for hydroxylation is 2. The molecule has 0 radical (unpaired) electrons. The van der Waals surface area contributed by atoms with E-state index in [1.807, 2.05) is 50.3 Å². The molecule has 0 atom stereocenters. The zero-order valence-corrected chi connectivity index (χ0v) is 18.8. The first-order chi connectivity index (χ1) is 13.3. The monoisotopic (exact) mass is 458 g/mol. The Bertz CT molecular complexity index is 967. The summed E-state index contributed by atoms with van der Waals surface area (Å²) >= 11 is 4.90. The van der Waals surface area contributed by atoms with Gasteiger partial charge >= 0.3 is 0 Å². The van der Waals surface area contributed by atoms with Crippen LogP contribution in [0.3, 0.4) is 0 Å². The smallest absolute Gasteiger partial charge is 0.264 e. The predicted octanol–water partition coefficient (Wildman–Crippen LogP) is 5.99. The number of halogens is 1. The highest BCUT2D eigenvalue weighted by Crippen LogP contribution is 2.32. The van der Waals surface area contributed by atoms with Crippen molar-refractivity contribution in [2.75, 3.05) is 6.61 Å². The van der Waals surface area contributed by atoms with E-state index in [-0.39, 0.29) is 5.91 Å². The summed E-state index contributed by atoms with van der Waals surface area (Å²) in [6.07, 6.45) is 1.86. The second-order valence-corrected chi connectivity index (χ2v) is 9.05. The van der Waals surface area contributed by atoms with Crippen LogP contribution in [0.1, 0.15) is 30.5 Å². The van der Waals surface area contributed by atoms with Crippen molar-refractivity contribution in [1.82, 2.24) is 5.32 Å². The highest BCUT2D eigenvalue weighted by Gasteiger charge is 2.24. The van der Waals surface area contributed by atoms with Gasteiger partial charge in [0.1, 0.15) is 5.75 Å². The van der Waals surface area contributed by atoms with Gasteiger partial charge in [-0.15, -0.1) is 0 Å². The van der Waals surface area contributed by atoms with Crippen LogP contribution in [0.4, 0.5) is 5.69 Å². The number of nitrogens with one attached hydrogen (secondary N) is 1. The van der Waals surface area contributed by atoms with E-state index in [1.54, 1.807) is 0 Å². The van der Waals surface area contributed by atoms with Crippen molar-refractivity contribution >= 4 is 50.5 Å². The highest BCUT2D eigenvalue weighted by molar-refractivity contribution is 9.10. The van der Waals surface area contributed by atoms with Crippen molar-refractivity contribution in [3.05, 3.63) is 62.5 Å². The van der Waals surface area contributed by atoms with Crippen LogP contribution < -0.4 is 10.1 Å². The molecule has 0 unspecified atom stereocenters. The van der Waals surface area contributed by atoms with Gasteiger partial charge in [-0.25, -0.2) is 4.99 Å². The van der Waals surface area contributed by atoms with Crippen LogP contribution in [-0.2, 0) is 4.79 Å². The molecular formula is C22H23BrN2O2S. The standard InChI is InChI=1S/C22H23BrN2O2S/c1-13(2)12-27-19-8-6-16(10-17(19)23)11-20-21(26)25-22(28-20)24-18-7-5-14(3)9-15(18)4/h5-11,13H,12H2,1-4H3,(H,24,25,26)/b20-11-. The molecule has 0 saturated carbocycles. The van der Waals surface area contributed by atoms with E-state index in [0.29, 0.717) is 22.6 Å². The molecule has 0 spiro atoms. The van der Waals surface area contributed by atoms with E-state index in [0.717, 1.165) is 27.0 Å². The summed E-state index contributed by atoms with van der Waals surface area (Å²) in [7, 11) is 0. The third-order valence-electron chi connectivity index (χ3n) is 4.05. The van der Waals surface area contributed by atoms with Crippen molar-refractivity contribution in [2.45, 2.75) is 27.7 Å². The fraction of sp³-hybridized carbons (Fsp3) is 0.273. The fourth-order valence-electron chi connectivity index (χ4n) is 2.65. The molecule has 0 aromatic heterocycles. The molecule has 1 saturated heterocycles. The van der Waals surface area contributed by atoms with Crippen LogP contribution in [0.5, 0.6) is 5.75 Å². The average molecular weight is 459 g/mol. The summed E-state index contributed by atoms with van der Waals surface area (Å²) in [5.41, 5.74) is 4.07. The van der Waals surface area contributed by atoms with E-state index in [4.69, 9.17) is 4.74 Å². The number of rotatable bonds is 5. The number of benzene rings is 2. The van der Waals surface area contributed by atoms with Crippen molar-refractivity contribution in [1.29, 1.82) is 0 Å². The topological polar surface area (TPSA) is 50.7 Å². The molecule has 2 aromatic carbocycles. The first kappa shape index (κ1) is 20.7. The number of hydrogen-bond donors (Lipinski definition) is 1. The first-order valence-electron chi connectivity index (χ1n) is 9.11. The number of thioether (sulfide) groups is 1. The molecule has 2 aromatic rings. The molecule has 1 amide bonds. The quantitative estimate of drug-likeness (QED) is 0.559. The van der Waals surface area contributed by atoms with Crippen molar-refractivity contribution < 1.29 is 9.53 Å². The Hall–Kier alpha value is -2.05. The summed E-state index contributed by atoms with van der Waals surface area (Å²) in [6.45, 7) is 8.95. The number of ether oxygens (including phenoxy) is 1. The summed E-state index contributed by atoms with van der Waals surface area (Å²) in [5, 5.41) is 3.44. The van der Waals surface area contributed by atoms with Gasteiger partial charge in [0.2, 0.25) is 0 Å². The lowest BCUT2D eigenvalue weighted by Gasteiger charge is -2.10. The van der Waals surface area contributed by atoms with Crippen LogP contribution in [-0.4, -0.2) is 17.7 Å². The average Bonchev–Trinajstić information content (AvgIpc) is 2.96. The van der Waals surface area contributed by atoms with E-state index in [9.17, 15) is 4.79 Å². The lowest BCUT2D eigenvalue weighted by atomic mass is 10.1. The van der Waals surface area contributed by atoms with Crippen molar-refractivity contribution in [3.63, 3.8) is 0 Å². The zero-order valence-electron chi connectivity index (χ0n) is 16.4. The van der Waals surface area contributed by atoms with Gasteiger partial charge in [0.05, 0.1) is 21.7 Å². The Balaban J connectivity index is 1.77. The molecule has 146 valence electrons. The van der Waals surface area contributed by atoms with E-state index < -0.39 is 0 Å². The van der Waals surface area contributed by atoms with E-state index >= 15 is 0 Å². The molecule has 1 aliphatic rings. The molecule has 1 fully saturated rings. The van der Waals surface area contributed by atoms with Gasteiger partial charge in [0, 0.05) is 0 Å². The summed E-state index contributed by atoms with van der Waals surface area (Å²) in [4.78, 5) is 17.5. The van der Waals surface area contributed by atoms with Gasteiger partial charge in [-0.3, -0.25) is 4.79 Å². The molecule has 0 bridgehead atoms. The van der Waals surface area contributed by atoms with Crippen molar-refractivity contribution in [2.24, 2.45) is 10.9 Å². The van der Waals surface area contributed by atoms with Crippen LogP contribution in [0.25, 0.3) is 6.08 Å². The summed E-state index contributed by atoms with van der Waals surface area (Å²) in [6, 6.07) is 11.9. The maximum atomic E-state index is 12.3. The van der Waals surface area contributed by atoms with Gasteiger partial charge in [0.25, 0.3) is 5.91 Å². The Morgan fingerprint density at radius 1 is 1.21 bits per heavy atom. The minimum absolute atomic E-state index is 0.134. The van der Waals surface area contributed by atoms with E-state index in [2.05, 4.69) is 46.2 Å². The Labute approximate surface area is 178 Å². The molecule has 6 heteroatoms. The predicted molar refractivity (Wildman–Crippen MR) is 121 cm³/mol. The second kappa shape index (κ2) is 8.97. The minimum atomic E-state index is -0.134. The minimum Gasteiger partial charge on any atom is -0.492 e. The Morgan fingerprint density at radius 3 is 2.68 bits per heavy atom. The summed E-state index contributed by atoms with van der Waals surface area (Å²) < 4.78 is 6.65. The van der Waals surface area contributed by atoms with Crippen LogP contribution >= 0.6 is 27.7 Å². The third-order valence-corrected chi connectivity index (χ3v) is 5.58. The number of amidine groups is 1. The molecule has 1 aliphatic heterocycles. The normalized spacial score (nSPS) is 16.9. The molecule has 0 aliphatic carbocycles. The number of hydrogen-bond acceptors (Lipinski definition) is 4. The zero-order chi connectivity index (χ0) is 20.3. The Kier molecular flexibility index (Phi) is 6.62. The largest absolute Gasteiger partial charge is 0.492 e. The molecule has 3 rings (SSSR count). The van der Waals surface area contributed by atoms with Gasteiger partial charge < -0.3 is 10.1 Å². The van der Waals surface area contributed by atoms with Gasteiger partial charge in [0.15, 0.2) is 5.17 Å². The SMILES string of the molecule is Cc1ccc(N=C2NC(=O)/C(=C/c3ccc(OCC(C)C)c(Br)c3)S2)c(C)c1. The lowest BCUT2D eigenvalue weighted by Crippen LogP contribution is -2.19.